The van der Waals surface area contributed by atoms with Gasteiger partial charge in [-0.1, -0.05) is 11.6 Å². The Morgan fingerprint density at radius 3 is 2.84 bits per heavy atom. The van der Waals surface area contributed by atoms with Crippen molar-refractivity contribution >= 4 is 11.6 Å². The van der Waals surface area contributed by atoms with Crippen molar-refractivity contribution in [1.82, 2.24) is 20.3 Å². The maximum Gasteiger partial charge on any atom is 0.238 e. The highest BCUT2D eigenvalue weighted by Gasteiger charge is 2.20. The van der Waals surface area contributed by atoms with Crippen molar-refractivity contribution in [3.05, 3.63) is 41.6 Å². The van der Waals surface area contributed by atoms with E-state index in [1.165, 1.54) is 12.8 Å². The number of nitrogens with one attached hydrogen (secondary N) is 1. The van der Waals surface area contributed by atoms with Gasteiger partial charge in [0.25, 0.3) is 0 Å². The highest BCUT2D eigenvalue weighted by Crippen LogP contribution is 2.22. The summed E-state index contributed by atoms with van der Waals surface area (Å²) < 4.78 is 5.57. The van der Waals surface area contributed by atoms with Crippen LogP contribution in [0.4, 0.5) is 0 Å². The van der Waals surface area contributed by atoms with Gasteiger partial charge in [0.2, 0.25) is 5.88 Å². The molecule has 0 radical (unpaired) electrons. The summed E-state index contributed by atoms with van der Waals surface area (Å²) in [5, 5.41) is 3.91. The van der Waals surface area contributed by atoms with Crippen LogP contribution in [0.25, 0.3) is 0 Å². The quantitative estimate of drug-likeness (QED) is 0.909. The molecule has 0 saturated heterocycles. The number of rotatable bonds is 5. The second-order valence-corrected chi connectivity index (χ2v) is 4.88. The summed E-state index contributed by atoms with van der Waals surface area (Å²) >= 11 is 5.85. The van der Waals surface area contributed by atoms with Gasteiger partial charge in [0.05, 0.1) is 23.1 Å². The van der Waals surface area contributed by atoms with E-state index in [0.717, 1.165) is 5.69 Å². The summed E-state index contributed by atoms with van der Waals surface area (Å²) in [5.74, 6) is 0.994. The Kier molecular flexibility index (Phi) is 3.57. The Labute approximate surface area is 116 Å². The van der Waals surface area contributed by atoms with Crippen LogP contribution in [0.5, 0.6) is 11.6 Å². The van der Waals surface area contributed by atoms with Crippen LogP contribution in [-0.2, 0) is 6.54 Å². The lowest BCUT2D eigenvalue weighted by atomic mass is 10.4. The van der Waals surface area contributed by atoms with E-state index in [2.05, 4.69) is 20.3 Å². The van der Waals surface area contributed by atoms with Gasteiger partial charge in [0, 0.05) is 31.0 Å². The molecule has 5 nitrogen and oxygen atoms in total. The van der Waals surface area contributed by atoms with Gasteiger partial charge < -0.3 is 10.1 Å². The van der Waals surface area contributed by atoms with E-state index >= 15 is 0 Å². The molecule has 6 heteroatoms. The first-order valence-electron chi connectivity index (χ1n) is 6.12. The van der Waals surface area contributed by atoms with E-state index < -0.39 is 0 Å². The molecule has 0 bridgehead atoms. The molecule has 98 valence electrons. The fourth-order valence-electron chi connectivity index (χ4n) is 1.63. The van der Waals surface area contributed by atoms with Gasteiger partial charge in [-0.15, -0.1) is 0 Å². The Bertz CT molecular complexity index is 574. The molecule has 0 amide bonds. The number of halogens is 1. The van der Waals surface area contributed by atoms with Crippen LogP contribution in [0.2, 0.25) is 5.02 Å². The van der Waals surface area contributed by atoms with Crippen LogP contribution in [0.15, 0.2) is 30.9 Å². The summed E-state index contributed by atoms with van der Waals surface area (Å²) in [6.07, 6.45) is 8.94. The minimum atomic E-state index is 0.444. The van der Waals surface area contributed by atoms with Gasteiger partial charge in [-0.25, -0.2) is 4.98 Å². The van der Waals surface area contributed by atoms with Crippen molar-refractivity contribution in [2.75, 3.05) is 0 Å². The molecular formula is C13H13ClN4O. The van der Waals surface area contributed by atoms with Gasteiger partial charge in [-0.05, 0) is 12.8 Å². The maximum atomic E-state index is 5.85. The van der Waals surface area contributed by atoms with Gasteiger partial charge in [-0.3, -0.25) is 9.97 Å². The van der Waals surface area contributed by atoms with Crippen molar-refractivity contribution in [3.8, 4) is 11.6 Å². The van der Waals surface area contributed by atoms with E-state index in [-0.39, 0.29) is 0 Å². The Morgan fingerprint density at radius 2 is 2.05 bits per heavy atom. The van der Waals surface area contributed by atoms with Gasteiger partial charge in [0.15, 0.2) is 0 Å². The Hall–Kier alpha value is -1.72. The van der Waals surface area contributed by atoms with Crippen molar-refractivity contribution in [2.24, 2.45) is 0 Å². The molecule has 0 aliphatic heterocycles. The topological polar surface area (TPSA) is 59.9 Å². The lowest BCUT2D eigenvalue weighted by Crippen LogP contribution is -2.16. The lowest BCUT2D eigenvalue weighted by molar-refractivity contribution is 0.454. The molecule has 0 spiro atoms. The molecule has 1 aliphatic carbocycles. The molecule has 2 heterocycles. The molecule has 1 aliphatic rings. The number of nitrogens with zero attached hydrogens (tertiary/aromatic N) is 3. The van der Waals surface area contributed by atoms with Crippen LogP contribution in [0, 0.1) is 0 Å². The second kappa shape index (κ2) is 5.50. The zero-order valence-corrected chi connectivity index (χ0v) is 11.0. The second-order valence-electron chi connectivity index (χ2n) is 4.44. The molecule has 1 fully saturated rings. The molecule has 19 heavy (non-hydrogen) atoms. The van der Waals surface area contributed by atoms with Crippen LogP contribution in [-0.4, -0.2) is 21.0 Å². The van der Waals surface area contributed by atoms with E-state index in [9.17, 15) is 0 Å². The highest BCUT2D eigenvalue weighted by atomic mass is 35.5. The normalized spacial score (nSPS) is 14.4. The molecule has 3 rings (SSSR count). The van der Waals surface area contributed by atoms with Crippen molar-refractivity contribution in [2.45, 2.75) is 25.4 Å². The van der Waals surface area contributed by atoms with Gasteiger partial charge in [0.1, 0.15) is 5.75 Å². The van der Waals surface area contributed by atoms with Gasteiger partial charge in [-0.2, -0.15) is 0 Å². The van der Waals surface area contributed by atoms with Crippen LogP contribution < -0.4 is 10.1 Å². The van der Waals surface area contributed by atoms with Crippen molar-refractivity contribution in [1.29, 1.82) is 0 Å². The monoisotopic (exact) mass is 276 g/mol. The molecule has 0 aromatic carbocycles. The smallest absolute Gasteiger partial charge is 0.238 e. The summed E-state index contributed by atoms with van der Waals surface area (Å²) in [4.78, 5) is 12.5. The fraction of sp³-hybridized carbons (Fsp3) is 0.308. The fourth-order valence-corrected chi connectivity index (χ4v) is 1.79. The summed E-state index contributed by atoms with van der Waals surface area (Å²) in [7, 11) is 0. The van der Waals surface area contributed by atoms with Crippen molar-refractivity contribution < 1.29 is 4.74 Å². The molecule has 2 aromatic rings. The zero-order chi connectivity index (χ0) is 13.1. The average molecular weight is 277 g/mol. The van der Waals surface area contributed by atoms with E-state index in [4.69, 9.17) is 16.3 Å². The van der Waals surface area contributed by atoms with Gasteiger partial charge >= 0.3 is 0 Å². The Balaban J connectivity index is 1.67. The maximum absolute atomic E-state index is 5.85. The minimum Gasteiger partial charge on any atom is -0.436 e. The predicted octanol–water partition coefficient (Wildman–Crippen LogP) is 2.57. The number of hydrogen-bond donors (Lipinski definition) is 1. The highest BCUT2D eigenvalue weighted by molar-refractivity contribution is 6.30. The summed E-state index contributed by atoms with van der Waals surface area (Å²) in [6.45, 7) is 0.711. The largest absolute Gasteiger partial charge is 0.436 e. The molecule has 0 atom stereocenters. The minimum absolute atomic E-state index is 0.444. The molecule has 0 unspecified atom stereocenters. The molecule has 1 saturated carbocycles. The third-order valence-electron chi connectivity index (χ3n) is 2.71. The number of aromatic nitrogens is 3. The lowest BCUT2D eigenvalue weighted by Gasteiger charge is -2.06. The Morgan fingerprint density at radius 1 is 1.21 bits per heavy atom. The van der Waals surface area contributed by atoms with Crippen LogP contribution in [0.3, 0.4) is 0 Å². The molecular weight excluding hydrogens is 264 g/mol. The summed E-state index contributed by atoms with van der Waals surface area (Å²) in [6, 6.07) is 2.33. The SMILES string of the molecule is Clc1cncc(Oc2cncc(CNC3CC3)n2)c1. The zero-order valence-electron chi connectivity index (χ0n) is 10.2. The van der Waals surface area contributed by atoms with Crippen molar-refractivity contribution in [3.63, 3.8) is 0 Å². The standard InChI is InChI=1S/C13H13ClN4O/c14-9-3-12(7-15-4-9)19-13-8-16-5-11(18-13)6-17-10-1-2-10/h3-5,7-8,10,17H,1-2,6H2. The number of pyridine rings is 1. The van der Waals surface area contributed by atoms with E-state index in [0.29, 0.717) is 29.2 Å². The van der Waals surface area contributed by atoms with E-state index in [1.54, 1.807) is 30.9 Å². The number of ether oxygens (including phenoxy) is 1. The third-order valence-corrected chi connectivity index (χ3v) is 2.92. The predicted molar refractivity (Wildman–Crippen MR) is 71.2 cm³/mol. The first-order valence-corrected chi connectivity index (χ1v) is 6.50. The first-order chi connectivity index (χ1) is 9.29. The number of hydrogen-bond acceptors (Lipinski definition) is 5. The summed E-state index contributed by atoms with van der Waals surface area (Å²) in [5.41, 5.74) is 0.861. The first kappa shape index (κ1) is 12.3. The molecule has 1 N–H and O–H groups in total. The van der Waals surface area contributed by atoms with Crippen LogP contribution >= 0.6 is 11.6 Å². The van der Waals surface area contributed by atoms with E-state index in [1.807, 2.05) is 0 Å². The van der Waals surface area contributed by atoms with Crippen LogP contribution in [0.1, 0.15) is 18.5 Å². The molecule has 2 aromatic heterocycles. The third kappa shape index (κ3) is 3.62. The average Bonchev–Trinajstić information content (AvgIpc) is 3.21.